The quantitative estimate of drug-likeness (QED) is 0.900. The van der Waals surface area contributed by atoms with Gasteiger partial charge in [0.25, 0.3) is 0 Å². The number of nitrogens with zero attached hydrogens (tertiary/aromatic N) is 3. The van der Waals surface area contributed by atoms with Crippen LogP contribution in [0.3, 0.4) is 0 Å². The van der Waals surface area contributed by atoms with Crippen LogP contribution in [0.15, 0.2) is 18.3 Å². The van der Waals surface area contributed by atoms with E-state index in [1.54, 1.807) is 6.20 Å². The van der Waals surface area contributed by atoms with E-state index >= 15 is 0 Å². The molecule has 0 bridgehead atoms. The highest BCUT2D eigenvalue weighted by Crippen LogP contribution is 2.25. The van der Waals surface area contributed by atoms with E-state index in [0.717, 1.165) is 31.7 Å². The average molecular weight is 310 g/mol. The largest absolute Gasteiger partial charge is 0.391 e. The number of hydrogen-bond donors (Lipinski definition) is 1. The van der Waals surface area contributed by atoms with Crippen molar-refractivity contribution in [1.82, 2.24) is 9.88 Å². The minimum absolute atomic E-state index is 0.0823. The lowest BCUT2D eigenvalue weighted by Crippen LogP contribution is -2.42. The van der Waals surface area contributed by atoms with Crippen molar-refractivity contribution in [3.63, 3.8) is 0 Å². The number of carbonyl (C=O) groups excluding carboxylic acids is 1. The first-order valence-electron chi connectivity index (χ1n) is 7.47. The molecule has 0 radical (unpaired) electrons. The van der Waals surface area contributed by atoms with Gasteiger partial charge in [-0.15, -0.1) is 0 Å². The van der Waals surface area contributed by atoms with Gasteiger partial charge in [-0.05, 0) is 31.4 Å². The number of β-amino-alcohol motifs (C(OH)–C–C–N with tert-alkyl or cyclic N) is 1. The fraction of sp³-hybridized carbons (Fsp3) is 0.600. The van der Waals surface area contributed by atoms with E-state index in [0.29, 0.717) is 24.5 Å². The number of aromatic nitrogens is 1. The van der Waals surface area contributed by atoms with Crippen molar-refractivity contribution in [2.45, 2.75) is 25.4 Å². The number of hydrogen-bond acceptors (Lipinski definition) is 4. The third-order valence-electron chi connectivity index (χ3n) is 4.36. The molecule has 0 unspecified atom stereocenters. The third-order valence-corrected chi connectivity index (χ3v) is 4.58. The van der Waals surface area contributed by atoms with Crippen LogP contribution in [0.4, 0.5) is 5.82 Å². The SMILES string of the molecule is O=C(C1CCN(c2ccc(Cl)cn2)CC1)N1CC[C@@H](O)C1. The summed E-state index contributed by atoms with van der Waals surface area (Å²) in [5, 5.41) is 10.2. The van der Waals surface area contributed by atoms with E-state index in [9.17, 15) is 9.90 Å². The smallest absolute Gasteiger partial charge is 0.225 e. The van der Waals surface area contributed by atoms with Gasteiger partial charge in [-0.2, -0.15) is 0 Å². The molecule has 3 heterocycles. The summed E-state index contributed by atoms with van der Waals surface area (Å²) >= 11 is 5.85. The van der Waals surface area contributed by atoms with E-state index in [4.69, 9.17) is 11.6 Å². The maximum Gasteiger partial charge on any atom is 0.225 e. The van der Waals surface area contributed by atoms with E-state index < -0.39 is 0 Å². The fourth-order valence-electron chi connectivity index (χ4n) is 3.11. The summed E-state index contributed by atoms with van der Waals surface area (Å²) in [5.41, 5.74) is 0. The van der Waals surface area contributed by atoms with Gasteiger partial charge in [-0.25, -0.2) is 4.98 Å². The number of aliphatic hydroxyl groups excluding tert-OH is 1. The van der Waals surface area contributed by atoms with E-state index in [1.807, 2.05) is 17.0 Å². The van der Waals surface area contributed by atoms with Crippen LogP contribution in [0.2, 0.25) is 5.02 Å². The van der Waals surface area contributed by atoms with E-state index in [-0.39, 0.29) is 17.9 Å². The lowest BCUT2D eigenvalue weighted by Gasteiger charge is -2.33. The van der Waals surface area contributed by atoms with Crippen LogP contribution in [-0.2, 0) is 4.79 Å². The summed E-state index contributed by atoms with van der Waals surface area (Å²) in [6, 6.07) is 3.76. The van der Waals surface area contributed by atoms with E-state index in [2.05, 4.69) is 9.88 Å². The van der Waals surface area contributed by atoms with Crippen molar-refractivity contribution in [2.75, 3.05) is 31.1 Å². The molecule has 21 heavy (non-hydrogen) atoms. The molecule has 2 saturated heterocycles. The fourth-order valence-corrected chi connectivity index (χ4v) is 3.22. The Kier molecular flexibility index (Phi) is 4.31. The van der Waals surface area contributed by atoms with Crippen molar-refractivity contribution >= 4 is 23.3 Å². The second-order valence-electron chi connectivity index (χ2n) is 5.82. The van der Waals surface area contributed by atoms with Gasteiger partial charge in [0.15, 0.2) is 0 Å². The number of likely N-dealkylation sites (tertiary alicyclic amines) is 1. The summed E-state index contributed by atoms with van der Waals surface area (Å²) in [7, 11) is 0. The standard InChI is InChI=1S/C15H20ClN3O2/c16-12-1-2-14(17-9-12)18-6-3-11(4-7-18)15(21)19-8-5-13(20)10-19/h1-2,9,11,13,20H,3-8,10H2/t13-/m1/s1. The van der Waals surface area contributed by atoms with Crippen molar-refractivity contribution in [3.05, 3.63) is 23.4 Å². The van der Waals surface area contributed by atoms with Gasteiger partial charge >= 0.3 is 0 Å². The summed E-state index contributed by atoms with van der Waals surface area (Å²) in [4.78, 5) is 20.7. The molecular weight excluding hydrogens is 290 g/mol. The molecular formula is C15H20ClN3O2. The summed E-state index contributed by atoms with van der Waals surface area (Å²) in [6.07, 6.45) is 3.71. The molecule has 2 fully saturated rings. The van der Waals surface area contributed by atoms with Gasteiger partial charge < -0.3 is 14.9 Å². The Hall–Kier alpha value is -1.33. The monoisotopic (exact) mass is 309 g/mol. The van der Waals surface area contributed by atoms with Gasteiger partial charge in [0, 0.05) is 38.3 Å². The molecule has 1 aromatic heterocycles. The Balaban J connectivity index is 1.55. The topological polar surface area (TPSA) is 56.7 Å². The number of anilines is 1. The molecule has 1 amide bonds. The molecule has 0 saturated carbocycles. The number of pyridine rings is 1. The van der Waals surface area contributed by atoms with E-state index in [1.165, 1.54) is 0 Å². The van der Waals surface area contributed by atoms with Gasteiger partial charge in [-0.3, -0.25) is 4.79 Å². The van der Waals surface area contributed by atoms with Crippen LogP contribution in [-0.4, -0.2) is 53.2 Å². The number of amides is 1. The van der Waals surface area contributed by atoms with Gasteiger partial charge in [-0.1, -0.05) is 11.6 Å². The van der Waals surface area contributed by atoms with Crippen LogP contribution >= 0.6 is 11.6 Å². The second-order valence-corrected chi connectivity index (χ2v) is 6.26. The average Bonchev–Trinajstić information content (AvgIpc) is 2.94. The lowest BCUT2D eigenvalue weighted by molar-refractivity contribution is -0.135. The Morgan fingerprint density at radius 3 is 2.57 bits per heavy atom. The second kappa shape index (κ2) is 6.20. The van der Waals surface area contributed by atoms with Crippen molar-refractivity contribution < 1.29 is 9.90 Å². The number of carbonyl (C=O) groups is 1. The first-order valence-corrected chi connectivity index (χ1v) is 7.84. The van der Waals surface area contributed by atoms with Gasteiger partial charge in [0.1, 0.15) is 5.82 Å². The highest BCUT2D eigenvalue weighted by molar-refractivity contribution is 6.30. The van der Waals surface area contributed by atoms with Gasteiger partial charge in [0.05, 0.1) is 11.1 Å². The molecule has 1 atom stereocenters. The molecule has 1 aromatic rings. The predicted octanol–water partition coefficient (Wildman–Crippen LogP) is 1.54. The van der Waals surface area contributed by atoms with Crippen LogP contribution in [0.25, 0.3) is 0 Å². The summed E-state index contributed by atoms with van der Waals surface area (Å²) in [5.74, 6) is 1.20. The first kappa shape index (κ1) is 14.6. The van der Waals surface area contributed by atoms with Crippen molar-refractivity contribution in [1.29, 1.82) is 0 Å². The molecule has 0 spiro atoms. The normalized spacial score (nSPS) is 23.6. The minimum atomic E-state index is -0.340. The van der Waals surface area contributed by atoms with Crippen LogP contribution < -0.4 is 4.90 Å². The zero-order chi connectivity index (χ0) is 14.8. The Labute approximate surface area is 129 Å². The maximum atomic E-state index is 12.4. The molecule has 6 heteroatoms. The Morgan fingerprint density at radius 1 is 1.24 bits per heavy atom. The minimum Gasteiger partial charge on any atom is -0.391 e. The highest BCUT2D eigenvalue weighted by Gasteiger charge is 2.32. The molecule has 2 aliphatic heterocycles. The molecule has 5 nitrogen and oxygen atoms in total. The summed E-state index contributed by atoms with van der Waals surface area (Å²) in [6.45, 7) is 2.86. The van der Waals surface area contributed by atoms with Crippen molar-refractivity contribution in [2.24, 2.45) is 5.92 Å². The number of aliphatic hydroxyl groups is 1. The molecule has 0 aromatic carbocycles. The Bertz CT molecular complexity index is 500. The number of piperidine rings is 1. The third kappa shape index (κ3) is 3.30. The predicted molar refractivity (Wildman–Crippen MR) is 81.4 cm³/mol. The number of halogens is 1. The lowest BCUT2D eigenvalue weighted by atomic mass is 9.95. The van der Waals surface area contributed by atoms with Gasteiger partial charge in [0.2, 0.25) is 5.91 Å². The van der Waals surface area contributed by atoms with Crippen LogP contribution in [0, 0.1) is 5.92 Å². The summed E-state index contributed by atoms with van der Waals surface area (Å²) < 4.78 is 0. The molecule has 2 aliphatic rings. The van der Waals surface area contributed by atoms with Crippen LogP contribution in [0.1, 0.15) is 19.3 Å². The first-order chi connectivity index (χ1) is 10.1. The zero-order valence-corrected chi connectivity index (χ0v) is 12.7. The Morgan fingerprint density at radius 2 is 2.00 bits per heavy atom. The van der Waals surface area contributed by atoms with Crippen molar-refractivity contribution in [3.8, 4) is 0 Å². The molecule has 1 N–H and O–H groups in total. The van der Waals surface area contributed by atoms with Crippen LogP contribution in [0.5, 0.6) is 0 Å². The maximum absolute atomic E-state index is 12.4. The molecule has 0 aliphatic carbocycles. The number of rotatable bonds is 2. The highest BCUT2D eigenvalue weighted by atomic mass is 35.5. The molecule has 114 valence electrons. The zero-order valence-electron chi connectivity index (χ0n) is 11.9. The molecule has 3 rings (SSSR count).